The lowest BCUT2D eigenvalue weighted by Gasteiger charge is -2.03. The molecule has 1 aromatic heterocycles. The summed E-state index contributed by atoms with van der Waals surface area (Å²) in [5.74, 6) is -0.220. The molecule has 0 saturated carbocycles. The maximum Gasteiger partial charge on any atom is 0.371 e. The lowest BCUT2D eigenvalue weighted by molar-refractivity contribution is -0.120. The fourth-order valence-corrected chi connectivity index (χ4v) is 2.51. The molecule has 1 amide bonds. The molecule has 0 atom stereocenters. The molecule has 2 N–H and O–H groups in total. The molecule has 0 unspecified atom stereocenters. The zero-order chi connectivity index (χ0) is 15.1. The molecule has 110 valence electrons. The molecule has 0 fully saturated rings. The largest absolute Gasteiger partial charge is 0.475 e. The van der Waals surface area contributed by atoms with Crippen LogP contribution in [0.5, 0.6) is 0 Å². The molecule has 0 aliphatic heterocycles. The smallest absolute Gasteiger partial charge is 0.371 e. The number of hydrogen-bond acceptors (Lipinski definition) is 4. The number of nitrogens with one attached hydrogen (secondary N) is 1. The summed E-state index contributed by atoms with van der Waals surface area (Å²) in [4.78, 5) is 23.4. The summed E-state index contributed by atoms with van der Waals surface area (Å²) in [7, 11) is 0. The Bertz CT molecular complexity index is 609. The topological polar surface area (TPSA) is 79.5 Å². The molecular weight excluding hydrogens is 290 g/mol. The van der Waals surface area contributed by atoms with Crippen LogP contribution in [-0.4, -0.2) is 22.7 Å². The normalized spacial score (nSPS) is 10.3. The average molecular weight is 305 g/mol. The van der Waals surface area contributed by atoms with Crippen molar-refractivity contribution in [3.05, 3.63) is 54.0 Å². The molecule has 2 aromatic rings. The predicted molar refractivity (Wildman–Crippen MR) is 79.3 cm³/mol. The van der Waals surface area contributed by atoms with E-state index in [4.69, 9.17) is 9.52 Å². The van der Waals surface area contributed by atoms with E-state index in [9.17, 15) is 9.59 Å². The zero-order valence-electron chi connectivity index (χ0n) is 11.2. The molecule has 0 aliphatic carbocycles. The number of carboxylic acid groups (broad SMARTS) is 1. The highest BCUT2D eigenvalue weighted by atomic mass is 32.2. The van der Waals surface area contributed by atoms with Gasteiger partial charge in [-0.05, 0) is 24.3 Å². The Morgan fingerprint density at radius 3 is 2.57 bits per heavy atom. The van der Waals surface area contributed by atoms with Crippen LogP contribution in [0.25, 0.3) is 0 Å². The van der Waals surface area contributed by atoms with Crippen molar-refractivity contribution in [3.63, 3.8) is 0 Å². The van der Waals surface area contributed by atoms with Gasteiger partial charge in [-0.3, -0.25) is 4.79 Å². The number of thioether (sulfide) groups is 1. The second-order valence-corrected chi connectivity index (χ2v) is 5.43. The van der Waals surface area contributed by atoms with Gasteiger partial charge in [-0.25, -0.2) is 4.79 Å². The minimum absolute atomic E-state index is 0.0910. The van der Waals surface area contributed by atoms with E-state index in [2.05, 4.69) is 5.32 Å². The summed E-state index contributed by atoms with van der Waals surface area (Å²) in [6.45, 7) is 0.197. The predicted octanol–water partition coefficient (Wildman–Crippen LogP) is 2.78. The molecule has 21 heavy (non-hydrogen) atoms. The van der Waals surface area contributed by atoms with Gasteiger partial charge < -0.3 is 14.8 Å². The molecule has 0 radical (unpaired) electrons. The quantitative estimate of drug-likeness (QED) is 0.769. The molecule has 5 nitrogen and oxygen atoms in total. The van der Waals surface area contributed by atoms with Crippen molar-refractivity contribution < 1.29 is 19.1 Å². The summed E-state index contributed by atoms with van der Waals surface area (Å²) >= 11 is 1.62. The van der Waals surface area contributed by atoms with E-state index in [1.807, 2.05) is 30.3 Å². The van der Waals surface area contributed by atoms with E-state index in [0.29, 0.717) is 17.9 Å². The standard InChI is InChI=1S/C15H15NO4S/c17-14(8-9-21-12-4-2-1-3-5-12)16-10-11-6-7-13(20-11)15(18)19/h1-7H,8-10H2,(H,16,17)(H,18,19). The average Bonchev–Trinajstić information content (AvgIpc) is 2.95. The Balaban J connectivity index is 1.68. The van der Waals surface area contributed by atoms with Crippen LogP contribution in [0.3, 0.4) is 0 Å². The molecule has 0 bridgehead atoms. The van der Waals surface area contributed by atoms with Gasteiger partial charge in [0.15, 0.2) is 0 Å². The zero-order valence-corrected chi connectivity index (χ0v) is 12.1. The Morgan fingerprint density at radius 1 is 1.14 bits per heavy atom. The van der Waals surface area contributed by atoms with Crippen LogP contribution in [0.15, 0.2) is 51.8 Å². The molecule has 2 rings (SSSR count). The fraction of sp³-hybridized carbons (Fsp3) is 0.200. The van der Waals surface area contributed by atoms with Crippen LogP contribution in [0.1, 0.15) is 22.7 Å². The summed E-state index contributed by atoms with van der Waals surface area (Å²) in [5.41, 5.74) is 0. The number of carboxylic acids is 1. The third-order valence-corrected chi connectivity index (χ3v) is 3.69. The summed E-state index contributed by atoms with van der Waals surface area (Å²) in [6, 6.07) is 12.8. The molecule has 1 aromatic carbocycles. The molecule has 1 heterocycles. The van der Waals surface area contributed by atoms with Crippen LogP contribution in [-0.2, 0) is 11.3 Å². The first kappa shape index (κ1) is 15.2. The van der Waals surface area contributed by atoms with Gasteiger partial charge in [-0.15, -0.1) is 11.8 Å². The second kappa shape index (κ2) is 7.54. The van der Waals surface area contributed by atoms with Gasteiger partial charge in [-0.2, -0.15) is 0 Å². The van der Waals surface area contributed by atoms with Crippen LogP contribution >= 0.6 is 11.8 Å². The maximum absolute atomic E-state index is 11.7. The fourth-order valence-electron chi connectivity index (χ4n) is 1.64. The highest BCUT2D eigenvalue weighted by Crippen LogP contribution is 2.17. The number of aromatic carboxylic acids is 1. The first-order chi connectivity index (χ1) is 10.1. The van der Waals surface area contributed by atoms with Gasteiger partial charge in [0.25, 0.3) is 0 Å². The highest BCUT2D eigenvalue weighted by molar-refractivity contribution is 7.99. The lowest BCUT2D eigenvalue weighted by Crippen LogP contribution is -2.22. The molecular formula is C15H15NO4S. The number of benzene rings is 1. The summed E-state index contributed by atoms with van der Waals surface area (Å²) < 4.78 is 5.05. The Kier molecular flexibility index (Phi) is 5.45. The van der Waals surface area contributed by atoms with Gasteiger partial charge >= 0.3 is 5.97 Å². The summed E-state index contributed by atoms with van der Waals surface area (Å²) in [5, 5.41) is 11.4. The van der Waals surface area contributed by atoms with Gasteiger partial charge in [0.05, 0.1) is 6.54 Å². The minimum atomic E-state index is -1.12. The van der Waals surface area contributed by atoms with Crippen molar-refractivity contribution in [3.8, 4) is 0 Å². The van der Waals surface area contributed by atoms with Crippen molar-refractivity contribution in [2.24, 2.45) is 0 Å². The van der Waals surface area contributed by atoms with Crippen LogP contribution in [0.2, 0.25) is 0 Å². The van der Waals surface area contributed by atoms with Gasteiger partial charge in [0.2, 0.25) is 11.7 Å². The SMILES string of the molecule is O=C(CCSc1ccccc1)NCc1ccc(C(=O)O)o1. The van der Waals surface area contributed by atoms with E-state index in [-0.39, 0.29) is 18.2 Å². The molecule has 0 spiro atoms. The maximum atomic E-state index is 11.7. The van der Waals surface area contributed by atoms with E-state index >= 15 is 0 Å². The van der Waals surface area contributed by atoms with Crippen molar-refractivity contribution in [2.75, 3.05) is 5.75 Å². The Morgan fingerprint density at radius 2 is 1.90 bits per heavy atom. The van der Waals surface area contributed by atoms with E-state index in [0.717, 1.165) is 4.90 Å². The van der Waals surface area contributed by atoms with E-state index in [1.54, 1.807) is 17.8 Å². The third kappa shape index (κ3) is 5.00. The number of amides is 1. The first-order valence-corrected chi connectivity index (χ1v) is 7.40. The van der Waals surface area contributed by atoms with Crippen LogP contribution < -0.4 is 5.32 Å². The summed E-state index contributed by atoms with van der Waals surface area (Å²) in [6.07, 6.45) is 0.395. The molecule has 0 saturated heterocycles. The number of furan rings is 1. The van der Waals surface area contributed by atoms with Crippen LogP contribution in [0, 0.1) is 0 Å². The van der Waals surface area contributed by atoms with Crippen molar-refractivity contribution in [1.82, 2.24) is 5.32 Å². The molecule has 6 heteroatoms. The third-order valence-electron chi connectivity index (χ3n) is 2.67. The number of hydrogen-bond donors (Lipinski definition) is 2. The number of carbonyl (C=O) groups is 2. The first-order valence-electron chi connectivity index (χ1n) is 6.41. The van der Waals surface area contributed by atoms with Crippen molar-refractivity contribution in [2.45, 2.75) is 17.9 Å². The Hall–Kier alpha value is -2.21. The van der Waals surface area contributed by atoms with Crippen LogP contribution in [0.4, 0.5) is 0 Å². The van der Waals surface area contributed by atoms with Crippen molar-refractivity contribution in [1.29, 1.82) is 0 Å². The van der Waals surface area contributed by atoms with Gasteiger partial charge in [0.1, 0.15) is 5.76 Å². The van der Waals surface area contributed by atoms with Crippen molar-refractivity contribution >= 4 is 23.6 Å². The second-order valence-electron chi connectivity index (χ2n) is 4.26. The van der Waals surface area contributed by atoms with E-state index < -0.39 is 5.97 Å². The molecule has 0 aliphatic rings. The van der Waals surface area contributed by atoms with Gasteiger partial charge in [0, 0.05) is 17.1 Å². The number of rotatable bonds is 7. The van der Waals surface area contributed by atoms with Gasteiger partial charge in [-0.1, -0.05) is 18.2 Å². The van der Waals surface area contributed by atoms with E-state index in [1.165, 1.54) is 6.07 Å². The highest BCUT2D eigenvalue weighted by Gasteiger charge is 2.09. The monoisotopic (exact) mass is 305 g/mol. The lowest BCUT2D eigenvalue weighted by atomic mass is 10.4. The minimum Gasteiger partial charge on any atom is -0.475 e. The Labute approximate surface area is 126 Å². The number of carbonyl (C=O) groups excluding carboxylic acids is 1.